The van der Waals surface area contributed by atoms with Gasteiger partial charge in [-0.2, -0.15) is 0 Å². The molecule has 4 heteroatoms. The number of benzene rings is 1. The van der Waals surface area contributed by atoms with E-state index in [9.17, 15) is 4.79 Å². The Morgan fingerprint density at radius 1 is 1.29 bits per heavy atom. The van der Waals surface area contributed by atoms with E-state index in [1.807, 2.05) is 30.3 Å². The molecule has 0 bridgehead atoms. The molecule has 0 radical (unpaired) electrons. The molecule has 0 aliphatic carbocycles. The molecule has 2 rings (SSSR count). The van der Waals surface area contributed by atoms with Gasteiger partial charge in [0.1, 0.15) is 5.03 Å². The van der Waals surface area contributed by atoms with Crippen molar-refractivity contribution in [2.24, 2.45) is 5.41 Å². The Morgan fingerprint density at radius 2 is 2.00 bits per heavy atom. The number of rotatable bonds is 4. The number of hydrogen-bond donors (Lipinski definition) is 1. The highest BCUT2D eigenvalue weighted by molar-refractivity contribution is 7.99. The van der Waals surface area contributed by atoms with Crippen LogP contribution in [-0.4, -0.2) is 16.6 Å². The summed E-state index contributed by atoms with van der Waals surface area (Å²) in [6, 6.07) is 9.99. The molecule has 1 aromatic carbocycles. The van der Waals surface area contributed by atoms with Crippen molar-refractivity contribution >= 4 is 34.3 Å². The number of nitrogens with one attached hydrogen (secondary N) is 1. The highest BCUT2D eigenvalue weighted by atomic mass is 32.2. The molecule has 1 aromatic heterocycles. The summed E-state index contributed by atoms with van der Waals surface area (Å²) >= 11 is 1.65. The smallest absolute Gasteiger partial charge is 0.224 e. The number of carbonyl (C=O) groups excluding carboxylic acids is 1. The van der Waals surface area contributed by atoms with Crippen LogP contribution in [0, 0.1) is 5.41 Å². The summed E-state index contributed by atoms with van der Waals surface area (Å²) in [6.45, 7) is 8.27. The van der Waals surface area contributed by atoms with E-state index in [0.717, 1.165) is 27.4 Å². The molecular weight excluding hydrogens is 280 g/mol. The zero-order valence-corrected chi connectivity index (χ0v) is 13.9. The minimum absolute atomic E-state index is 0.0214. The molecule has 0 aliphatic rings. The van der Waals surface area contributed by atoms with E-state index in [2.05, 4.69) is 38.0 Å². The van der Waals surface area contributed by atoms with Gasteiger partial charge >= 0.3 is 0 Å². The number of hydrogen-bond acceptors (Lipinski definition) is 3. The van der Waals surface area contributed by atoms with Gasteiger partial charge in [-0.3, -0.25) is 4.79 Å². The van der Waals surface area contributed by atoms with Crippen molar-refractivity contribution in [2.45, 2.75) is 39.1 Å². The van der Waals surface area contributed by atoms with E-state index in [1.54, 1.807) is 11.8 Å². The quantitative estimate of drug-likeness (QED) is 0.831. The molecule has 0 atom stereocenters. The third-order valence-electron chi connectivity index (χ3n) is 2.94. The van der Waals surface area contributed by atoms with Gasteiger partial charge in [-0.05, 0) is 23.3 Å². The molecule has 0 spiro atoms. The predicted molar refractivity (Wildman–Crippen MR) is 90.8 cm³/mol. The Kier molecular flexibility index (Phi) is 4.88. The van der Waals surface area contributed by atoms with Gasteiger partial charge in [0.25, 0.3) is 0 Å². The van der Waals surface area contributed by atoms with Crippen LogP contribution in [-0.2, 0) is 4.79 Å². The molecule has 1 N–H and O–H groups in total. The van der Waals surface area contributed by atoms with E-state index >= 15 is 0 Å². The number of nitrogens with zero attached hydrogens (tertiary/aromatic N) is 1. The van der Waals surface area contributed by atoms with Crippen molar-refractivity contribution in [3.8, 4) is 0 Å². The lowest BCUT2D eigenvalue weighted by Gasteiger charge is -2.18. The fraction of sp³-hybridized carbons (Fsp3) is 0.412. The van der Waals surface area contributed by atoms with Crippen molar-refractivity contribution in [3.63, 3.8) is 0 Å². The number of aromatic nitrogens is 1. The molecule has 0 aliphatic heterocycles. The van der Waals surface area contributed by atoms with Gasteiger partial charge in [0, 0.05) is 11.8 Å². The Bertz CT molecular complexity index is 647. The molecule has 1 heterocycles. The van der Waals surface area contributed by atoms with E-state index in [0.29, 0.717) is 6.42 Å². The number of fused-ring (bicyclic) bond motifs is 1. The number of para-hydroxylation sites is 1. The second-order valence-corrected chi connectivity index (χ2v) is 7.51. The standard InChI is InChI=1S/C17H22N2OS/c1-5-21-16-14(18-15(20)11-17(2,3)4)10-12-8-6-7-9-13(12)19-16/h6-10H,5,11H2,1-4H3,(H,18,20). The first-order chi connectivity index (χ1) is 9.89. The lowest BCUT2D eigenvalue weighted by molar-refractivity contribution is -0.117. The van der Waals surface area contributed by atoms with E-state index < -0.39 is 0 Å². The Balaban J connectivity index is 2.32. The lowest BCUT2D eigenvalue weighted by Crippen LogP contribution is -2.20. The highest BCUT2D eigenvalue weighted by Crippen LogP contribution is 2.29. The average Bonchev–Trinajstić information content (AvgIpc) is 2.37. The van der Waals surface area contributed by atoms with Crippen LogP contribution in [0.4, 0.5) is 5.69 Å². The molecule has 112 valence electrons. The third kappa shape index (κ3) is 4.46. The number of carbonyl (C=O) groups is 1. The van der Waals surface area contributed by atoms with Gasteiger partial charge in [0.05, 0.1) is 11.2 Å². The zero-order valence-electron chi connectivity index (χ0n) is 13.1. The summed E-state index contributed by atoms with van der Waals surface area (Å²) in [5.74, 6) is 0.963. The van der Waals surface area contributed by atoms with Crippen LogP contribution in [0.5, 0.6) is 0 Å². The van der Waals surface area contributed by atoms with E-state index in [-0.39, 0.29) is 11.3 Å². The summed E-state index contributed by atoms with van der Waals surface area (Å²) in [5, 5.41) is 4.95. The Morgan fingerprint density at radius 3 is 2.67 bits per heavy atom. The summed E-state index contributed by atoms with van der Waals surface area (Å²) in [4.78, 5) is 16.8. The summed E-state index contributed by atoms with van der Waals surface area (Å²) in [7, 11) is 0. The number of amides is 1. The van der Waals surface area contributed by atoms with E-state index in [1.165, 1.54) is 0 Å². The molecule has 0 saturated heterocycles. The Hall–Kier alpha value is -1.55. The van der Waals surface area contributed by atoms with Crippen LogP contribution in [0.1, 0.15) is 34.1 Å². The fourth-order valence-electron chi connectivity index (χ4n) is 2.11. The van der Waals surface area contributed by atoms with Crippen LogP contribution in [0.15, 0.2) is 35.4 Å². The molecule has 1 amide bonds. The monoisotopic (exact) mass is 302 g/mol. The number of pyridine rings is 1. The Labute approximate surface area is 130 Å². The predicted octanol–water partition coefficient (Wildman–Crippen LogP) is 4.72. The highest BCUT2D eigenvalue weighted by Gasteiger charge is 2.17. The van der Waals surface area contributed by atoms with Crippen molar-refractivity contribution in [1.29, 1.82) is 0 Å². The fourth-order valence-corrected chi connectivity index (χ4v) is 2.81. The summed E-state index contributed by atoms with van der Waals surface area (Å²) in [6.07, 6.45) is 0.496. The summed E-state index contributed by atoms with van der Waals surface area (Å²) in [5.41, 5.74) is 1.75. The molecule has 0 unspecified atom stereocenters. The molecule has 2 aromatic rings. The van der Waals surface area contributed by atoms with Crippen molar-refractivity contribution < 1.29 is 4.79 Å². The van der Waals surface area contributed by atoms with Crippen LogP contribution in [0.2, 0.25) is 0 Å². The van der Waals surface area contributed by atoms with Crippen LogP contribution < -0.4 is 5.32 Å². The molecule has 0 saturated carbocycles. The second-order valence-electron chi connectivity index (χ2n) is 6.25. The van der Waals surface area contributed by atoms with Crippen LogP contribution in [0.3, 0.4) is 0 Å². The normalized spacial score (nSPS) is 11.6. The minimum Gasteiger partial charge on any atom is -0.324 e. The van der Waals surface area contributed by atoms with Gasteiger partial charge < -0.3 is 5.32 Å². The topological polar surface area (TPSA) is 42.0 Å². The molecule has 3 nitrogen and oxygen atoms in total. The molecule has 0 fully saturated rings. The second kappa shape index (κ2) is 6.48. The van der Waals surface area contributed by atoms with Gasteiger partial charge in [0.2, 0.25) is 5.91 Å². The molecular formula is C17H22N2OS. The van der Waals surface area contributed by atoms with Gasteiger partial charge in [-0.25, -0.2) is 4.98 Å². The molecule has 21 heavy (non-hydrogen) atoms. The van der Waals surface area contributed by atoms with Gasteiger partial charge in [-0.15, -0.1) is 11.8 Å². The first kappa shape index (κ1) is 15.8. The van der Waals surface area contributed by atoms with Crippen molar-refractivity contribution in [1.82, 2.24) is 4.98 Å². The van der Waals surface area contributed by atoms with Crippen LogP contribution >= 0.6 is 11.8 Å². The maximum atomic E-state index is 12.2. The van der Waals surface area contributed by atoms with Crippen molar-refractivity contribution in [3.05, 3.63) is 30.3 Å². The SMILES string of the molecule is CCSc1nc2ccccc2cc1NC(=O)CC(C)(C)C. The minimum atomic E-state index is -0.0214. The van der Waals surface area contributed by atoms with Crippen LogP contribution in [0.25, 0.3) is 10.9 Å². The van der Waals surface area contributed by atoms with Crippen molar-refractivity contribution in [2.75, 3.05) is 11.1 Å². The van der Waals surface area contributed by atoms with Gasteiger partial charge in [0.15, 0.2) is 0 Å². The lowest BCUT2D eigenvalue weighted by atomic mass is 9.92. The largest absolute Gasteiger partial charge is 0.324 e. The first-order valence-corrected chi connectivity index (χ1v) is 8.20. The first-order valence-electron chi connectivity index (χ1n) is 7.21. The number of thioether (sulfide) groups is 1. The van der Waals surface area contributed by atoms with E-state index in [4.69, 9.17) is 0 Å². The summed E-state index contributed by atoms with van der Waals surface area (Å²) < 4.78 is 0. The average molecular weight is 302 g/mol. The maximum absolute atomic E-state index is 12.2. The maximum Gasteiger partial charge on any atom is 0.224 e. The van der Waals surface area contributed by atoms with Gasteiger partial charge in [-0.1, -0.05) is 45.9 Å². The number of anilines is 1. The zero-order chi connectivity index (χ0) is 15.5. The third-order valence-corrected chi connectivity index (χ3v) is 3.81.